The fraction of sp³-hybridized carbons (Fsp3) is 0. The lowest BCUT2D eigenvalue weighted by Crippen LogP contribution is -1.86. The molecule has 5 aromatic rings. The number of rotatable bonds is 4. The van der Waals surface area contributed by atoms with Gasteiger partial charge in [-0.15, -0.1) is 11.3 Å². The smallest absolute Gasteiger partial charge is 0.0435 e. The van der Waals surface area contributed by atoms with E-state index in [9.17, 15) is 0 Å². The van der Waals surface area contributed by atoms with Crippen LogP contribution in [0.5, 0.6) is 0 Å². The summed E-state index contributed by atoms with van der Waals surface area (Å²) >= 11 is 1.81. The van der Waals surface area contributed by atoms with Crippen LogP contribution in [0.15, 0.2) is 104 Å². The zero-order valence-electron chi connectivity index (χ0n) is 15.6. The van der Waals surface area contributed by atoms with Crippen LogP contribution in [0, 0.1) is 0 Å². The van der Waals surface area contributed by atoms with Crippen molar-refractivity contribution in [2.75, 3.05) is 0 Å². The van der Waals surface area contributed by atoms with Crippen LogP contribution in [0.25, 0.3) is 43.1 Å². The molecule has 0 N–H and O–H groups in total. The average molecular weight is 391 g/mol. The quantitative estimate of drug-likeness (QED) is 0.346. The molecule has 0 radical (unpaired) electrons. The van der Waals surface area contributed by atoms with E-state index in [1.54, 1.807) is 0 Å². The normalized spacial score (nSPS) is 10.8. The second-order valence-corrected chi connectivity index (χ2v) is 7.60. The summed E-state index contributed by atoms with van der Waals surface area (Å²) in [4.78, 5) is 15.1. The van der Waals surface area contributed by atoms with Gasteiger partial charge in [0.1, 0.15) is 0 Å². The molecule has 0 saturated heterocycles. The molecule has 0 aliphatic heterocycles. The molecule has 0 spiro atoms. The SMILES string of the molecule is c1ccc(-c2sc(-c3ccncc3)c(-c3ccncc3)c2-c2ccncc2)cc1. The van der Waals surface area contributed by atoms with E-state index in [1.807, 2.05) is 48.5 Å². The first-order valence-corrected chi connectivity index (χ1v) is 10.2. The second-order valence-electron chi connectivity index (χ2n) is 6.58. The third-order valence-electron chi connectivity index (χ3n) is 4.82. The van der Waals surface area contributed by atoms with Crippen LogP contribution in [0.2, 0.25) is 0 Å². The Hall–Kier alpha value is -3.63. The topological polar surface area (TPSA) is 38.7 Å². The maximum atomic E-state index is 4.23. The Bertz CT molecular complexity index is 1120. The molecule has 3 nitrogen and oxygen atoms in total. The minimum Gasteiger partial charge on any atom is -0.265 e. The first-order valence-electron chi connectivity index (χ1n) is 9.35. The van der Waals surface area contributed by atoms with E-state index < -0.39 is 0 Å². The van der Waals surface area contributed by atoms with E-state index in [-0.39, 0.29) is 0 Å². The van der Waals surface area contributed by atoms with E-state index in [0.29, 0.717) is 0 Å². The van der Waals surface area contributed by atoms with Gasteiger partial charge < -0.3 is 0 Å². The number of thiophene rings is 1. The van der Waals surface area contributed by atoms with Crippen molar-refractivity contribution < 1.29 is 0 Å². The minimum atomic E-state index is 1.15. The lowest BCUT2D eigenvalue weighted by Gasteiger charge is -2.10. The van der Waals surface area contributed by atoms with Gasteiger partial charge in [-0.1, -0.05) is 30.3 Å². The summed E-state index contributed by atoms with van der Waals surface area (Å²) < 4.78 is 0. The lowest BCUT2D eigenvalue weighted by molar-refractivity contribution is 1.32. The van der Waals surface area contributed by atoms with Crippen LogP contribution >= 0.6 is 11.3 Å². The molecule has 0 aliphatic carbocycles. The Balaban J connectivity index is 1.89. The fourth-order valence-electron chi connectivity index (χ4n) is 3.52. The van der Waals surface area contributed by atoms with Gasteiger partial charge >= 0.3 is 0 Å². The predicted octanol–water partition coefficient (Wildman–Crippen LogP) is 6.60. The number of pyridine rings is 3. The first-order chi connectivity index (χ1) is 14.4. The first kappa shape index (κ1) is 17.5. The average Bonchev–Trinajstić information content (AvgIpc) is 3.22. The summed E-state index contributed by atoms with van der Waals surface area (Å²) in [5.74, 6) is 0. The molecule has 0 aliphatic rings. The van der Waals surface area contributed by atoms with Crippen molar-refractivity contribution >= 4 is 11.3 Å². The maximum absolute atomic E-state index is 4.23. The van der Waals surface area contributed by atoms with Gasteiger partial charge in [-0.2, -0.15) is 0 Å². The second kappa shape index (κ2) is 7.78. The molecular formula is C25H17N3S. The fourth-order valence-corrected chi connectivity index (χ4v) is 4.87. The highest BCUT2D eigenvalue weighted by atomic mass is 32.1. The van der Waals surface area contributed by atoms with Gasteiger partial charge in [0.25, 0.3) is 0 Å². The minimum absolute atomic E-state index is 1.15. The van der Waals surface area contributed by atoms with Gasteiger partial charge in [-0.25, -0.2) is 0 Å². The van der Waals surface area contributed by atoms with E-state index in [1.165, 1.54) is 26.4 Å². The highest BCUT2D eigenvalue weighted by molar-refractivity contribution is 7.20. The summed E-state index contributed by atoms with van der Waals surface area (Å²) in [7, 11) is 0. The predicted molar refractivity (Wildman–Crippen MR) is 119 cm³/mol. The third kappa shape index (κ3) is 3.35. The molecule has 4 heteroatoms. The molecule has 0 bridgehead atoms. The summed E-state index contributed by atoms with van der Waals surface area (Å²) in [6, 6.07) is 23.0. The van der Waals surface area contributed by atoms with E-state index >= 15 is 0 Å². The molecule has 29 heavy (non-hydrogen) atoms. The Morgan fingerprint density at radius 2 is 0.793 bits per heavy atom. The largest absolute Gasteiger partial charge is 0.265 e. The van der Waals surface area contributed by atoms with Gasteiger partial charge in [-0.3, -0.25) is 15.0 Å². The van der Waals surface area contributed by atoms with Crippen molar-refractivity contribution in [3.8, 4) is 43.1 Å². The van der Waals surface area contributed by atoms with Gasteiger partial charge in [0.15, 0.2) is 0 Å². The highest BCUT2D eigenvalue weighted by Gasteiger charge is 2.22. The van der Waals surface area contributed by atoms with Crippen molar-refractivity contribution in [3.63, 3.8) is 0 Å². The Morgan fingerprint density at radius 1 is 0.414 bits per heavy atom. The molecule has 0 atom stereocenters. The number of aromatic nitrogens is 3. The van der Waals surface area contributed by atoms with Crippen LogP contribution in [0.3, 0.4) is 0 Å². The van der Waals surface area contributed by atoms with Crippen molar-refractivity contribution in [2.45, 2.75) is 0 Å². The number of hydrogen-bond donors (Lipinski definition) is 0. The zero-order valence-corrected chi connectivity index (χ0v) is 16.4. The summed E-state index contributed by atoms with van der Waals surface area (Å²) in [5.41, 5.74) is 7.11. The van der Waals surface area contributed by atoms with Crippen molar-refractivity contribution in [3.05, 3.63) is 104 Å². The van der Waals surface area contributed by atoms with Gasteiger partial charge in [-0.05, 0) is 58.7 Å². The molecule has 4 aromatic heterocycles. The summed E-state index contributed by atoms with van der Waals surface area (Å²) in [6.07, 6.45) is 11.1. The van der Waals surface area contributed by atoms with E-state index in [2.05, 4.69) is 81.7 Å². The molecule has 0 saturated carbocycles. The van der Waals surface area contributed by atoms with Crippen LogP contribution in [-0.4, -0.2) is 15.0 Å². The van der Waals surface area contributed by atoms with E-state index in [0.717, 1.165) is 16.7 Å². The van der Waals surface area contributed by atoms with Crippen LogP contribution < -0.4 is 0 Å². The Kier molecular flexibility index (Phi) is 4.68. The molecule has 1 aromatic carbocycles. The van der Waals surface area contributed by atoms with Crippen LogP contribution in [0.1, 0.15) is 0 Å². The highest BCUT2D eigenvalue weighted by Crippen LogP contribution is 2.51. The molecule has 5 rings (SSSR count). The van der Waals surface area contributed by atoms with Crippen molar-refractivity contribution in [1.29, 1.82) is 0 Å². The number of benzene rings is 1. The third-order valence-corrected chi connectivity index (χ3v) is 6.11. The lowest BCUT2D eigenvalue weighted by atomic mass is 9.92. The standard InChI is InChI=1S/C25H17N3S/c1-2-4-20(5-3-1)24-22(18-6-12-26-13-7-18)23(19-8-14-27-15-9-19)25(29-24)21-10-16-28-17-11-21/h1-17H. The molecule has 0 unspecified atom stereocenters. The molecule has 0 fully saturated rings. The van der Waals surface area contributed by atoms with Gasteiger partial charge in [0, 0.05) is 58.1 Å². The Labute approximate surface area is 173 Å². The van der Waals surface area contributed by atoms with Crippen molar-refractivity contribution in [1.82, 2.24) is 15.0 Å². The van der Waals surface area contributed by atoms with Crippen molar-refractivity contribution in [2.24, 2.45) is 0 Å². The van der Waals surface area contributed by atoms with Crippen LogP contribution in [-0.2, 0) is 0 Å². The molecule has 0 amide bonds. The molecule has 138 valence electrons. The van der Waals surface area contributed by atoms with E-state index in [4.69, 9.17) is 0 Å². The Morgan fingerprint density at radius 3 is 1.24 bits per heavy atom. The monoisotopic (exact) mass is 391 g/mol. The number of hydrogen-bond acceptors (Lipinski definition) is 4. The summed E-state index contributed by atoms with van der Waals surface area (Å²) in [6.45, 7) is 0. The number of nitrogens with zero attached hydrogens (tertiary/aromatic N) is 3. The maximum Gasteiger partial charge on any atom is 0.0435 e. The zero-order chi connectivity index (χ0) is 19.5. The van der Waals surface area contributed by atoms with Gasteiger partial charge in [0.2, 0.25) is 0 Å². The van der Waals surface area contributed by atoms with Gasteiger partial charge in [0.05, 0.1) is 0 Å². The van der Waals surface area contributed by atoms with Crippen LogP contribution in [0.4, 0.5) is 0 Å². The molecule has 4 heterocycles. The molecular weight excluding hydrogens is 374 g/mol. The summed E-state index contributed by atoms with van der Waals surface area (Å²) in [5, 5.41) is 0.